The Kier molecular flexibility index (Phi) is 5.50. The van der Waals surface area contributed by atoms with Crippen molar-refractivity contribution < 1.29 is 9.13 Å². The van der Waals surface area contributed by atoms with Crippen LogP contribution in [0.2, 0.25) is 0 Å². The predicted octanol–water partition coefficient (Wildman–Crippen LogP) is 4.04. The number of thioether (sulfide) groups is 1. The largest absolute Gasteiger partial charge is 0.383 e. The van der Waals surface area contributed by atoms with E-state index in [-0.39, 0.29) is 16.6 Å². The standard InChI is InChI=1S/C19H19FN2O2S/c1-13(14-7-9-15(20)10-8-14)25-19-21-17-6-4-3-5-16(17)18(23)22(19)11-12-24-2/h3-10,13H,11-12H2,1-2H3. The van der Waals surface area contributed by atoms with Gasteiger partial charge < -0.3 is 4.74 Å². The lowest BCUT2D eigenvalue weighted by atomic mass is 10.2. The Hall–Kier alpha value is -2.18. The number of ether oxygens (including phenoxy) is 1. The molecule has 25 heavy (non-hydrogen) atoms. The minimum absolute atomic E-state index is 0.0301. The van der Waals surface area contributed by atoms with Crippen LogP contribution in [0.15, 0.2) is 58.5 Å². The predicted molar refractivity (Wildman–Crippen MR) is 98.6 cm³/mol. The second kappa shape index (κ2) is 7.80. The summed E-state index contributed by atoms with van der Waals surface area (Å²) in [6.45, 7) is 2.88. The summed E-state index contributed by atoms with van der Waals surface area (Å²) in [4.78, 5) is 17.5. The number of fused-ring (bicyclic) bond motifs is 1. The van der Waals surface area contributed by atoms with Crippen LogP contribution in [0.3, 0.4) is 0 Å². The van der Waals surface area contributed by atoms with Gasteiger partial charge in [0.05, 0.1) is 24.1 Å². The van der Waals surface area contributed by atoms with E-state index in [9.17, 15) is 9.18 Å². The molecule has 2 aromatic carbocycles. The fourth-order valence-electron chi connectivity index (χ4n) is 2.58. The highest BCUT2D eigenvalue weighted by Crippen LogP contribution is 2.33. The molecule has 0 aliphatic heterocycles. The molecule has 130 valence electrons. The Labute approximate surface area is 149 Å². The van der Waals surface area contributed by atoms with E-state index in [4.69, 9.17) is 4.74 Å². The molecule has 0 saturated carbocycles. The van der Waals surface area contributed by atoms with Crippen molar-refractivity contribution in [2.45, 2.75) is 23.9 Å². The van der Waals surface area contributed by atoms with E-state index in [1.165, 1.54) is 23.9 Å². The molecule has 1 heterocycles. The fourth-order valence-corrected chi connectivity index (χ4v) is 3.64. The van der Waals surface area contributed by atoms with Crippen LogP contribution in [0.25, 0.3) is 10.9 Å². The van der Waals surface area contributed by atoms with E-state index in [2.05, 4.69) is 4.98 Å². The molecule has 0 radical (unpaired) electrons. The molecule has 1 atom stereocenters. The van der Waals surface area contributed by atoms with Crippen molar-refractivity contribution in [3.63, 3.8) is 0 Å². The number of hydrogen-bond acceptors (Lipinski definition) is 4. The molecule has 0 spiro atoms. The van der Waals surface area contributed by atoms with E-state index >= 15 is 0 Å². The third-order valence-electron chi connectivity index (χ3n) is 3.97. The minimum Gasteiger partial charge on any atom is -0.383 e. The smallest absolute Gasteiger partial charge is 0.262 e. The molecule has 3 rings (SSSR count). The maximum absolute atomic E-state index is 13.1. The van der Waals surface area contributed by atoms with Crippen LogP contribution >= 0.6 is 11.8 Å². The number of benzene rings is 2. The van der Waals surface area contributed by atoms with Gasteiger partial charge >= 0.3 is 0 Å². The molecule has 6 heteroatoms. The first-order valence-corrected chi connectivity index (χ1v) is 8.88. The first-order valence-electron chi connectivity index (χ1n) is 8.01. The molecule has 0 saturated heterocycles. The minimum atomic E-state index is -0.262. The van der Waals surface area contributed by atoms with Crippen molar-refractivity contribution >= 4 is 22.7 Å². The lowest BCUT2D eigenvalue weighted by molar-refractivity contribution is 0.183. The van der Waals surface area contributed by atoms with Gasteiger partial charge in [0.1, 0.15) is 5.82 Å². The summed E-state index contributed by atoms with van der Waals surface area (Å²) in [5.74, 6) is -0.262. The fraction of sp³-hybridized carbons (Fsp3) is 0.263. The second-order valence-electron chi connectivity index (χ2n) is 5.67. The molecule has 4 nitrogen and oxygen atoms in total. The zero-order chi connectivity index (χ0) is 17.8. The lowest BCUT2D eigenvalue weighted by Crippen LogP contribution is -2.25. The van der Waals surface area contributed by atoms with Gasteiger partial charge in [-0.1, -0.05) is 36.0 Å². The van der Waals surface area contributed by atoms with Crippen molar-refractivity contribution in [3.8, 4) is 0 Å². The summed E-state index contributed by atoms with van der Waals surface area (Å²) in [7, 11) is 1.60. The van der Waals surface area contributed by atoms with Crippen LogP contribution in [0, 0.1) is 5.82 Å². The summed E-state index contributed by atoms with van der Waals surface area (Å²) in [5, 5.41) is 1.26. The zero-order valence-electron chi connectivity index (χ0n) is 14.1. The maximum Gasteiger partial charge on any atom is 0.262 e. The third kappa shape index (κ3) is 3.91. The summed E-state index contributed by atoms with van der Waals surface area (Å²) in [5.41, 5.74) is 1.58. The number of halogens is 1. The molecular formula is C19H19FN2O2S. The SMILES string of the molecule is COCCn1c(SC(C)c2ccc(F)cc2)nc2ccccc2c1=O. The molecule has 0 aliphatic rings. The summed E-state index contributed by atoms with van der Waals surface area (Å²) >= 11 is 1.48. The number of para-hydroxylation sites is 1. The maximum atomic E-state index is 13.1. The average molecular weight is 358 g/mol. The van der Waals surface area contributed by atoms with Crippen molar-refractivity contribution in [2.24, 2.45) is 0 Å². The van der Waals surface area contributed by atoms with Crippen LogP contribution in [-0.4, -0.2) is 23.3 Å². The topological polar surface area (TPSA) is 44.1 Å². The molecular weight excluding hydrogens is 339 g/mol. The Balaban J connectivity index is 2.01. The van der Waals surface area contributed by atoms with Gasteiger partial charge in [-0.25, -0.2) is 9.37 Å². The van der Waals surface area contributed by atoms with Gasteiger partial charge in [0.2, 0.25) is 0 Å². The monoisotopic (exact) mass is 358 g/mol. The van der Waals surface area contributed by atoms with Crippen LogP contribution in [0.1, 0.15) is 17.7 Å². The Bertz CT molecular complexity index is 925. The molecule has 0 N–H and O–H groups in total. The van der Waals surface area contributed by atoms with Crippen molar-refractivity contribution in [1.82, 2.24) is 9.55 Å². The number of methoxy groups -OCH3 is 1. The van der Waals surface area contributed by atoms with Gasteiger partial charge in [0, 0.05) is 12.4 Å². The Morgan fingerprint density at radius 1 is 1.20 bits per heavy atom. The number of aromatic nitrogens is 2. The summed E-state index contributed by atoms with van der Waals surface area (Å²) in [6, 6.07) is 13.7. The quantitative estimate of drug-likeness (QED) is 0.493. The van der Waals surface area contributed by atoms with E-state index in [1.807, 2.05) is 25.1 Å². The van der Waals surface area contributed by atoms with Gasteiger partial charge in [-0.05, 0) is 36.8 Å². The molecule has 3 aromatic rings. The van der Waals surface area contributed by atoms with Crippen molar-refractivity contribution in [1.29, 1.82) is 0 Å². The third-order valence-corrected chi connectivity index (χ3v) is 5.12. The molecule has 1 aromatic heterocycles. The number of rotatable bonds is 6. The first-order chi connectivity index (χ1) is 12.1. The lowest BCUT2D eigenvalue weighted by Gasteiger charge is -2.16. The van der Waals surface area contributed by atoms with Crippen LogP contribution in [0.5, 0.6) is 0 Å². The number of nitrogens with zero attached hydrogens (tertiary/aromatic N) is 2. The van der Waals surface area contributed by atoms with Crippen molar-refractivity contribution in [3.05, 3.63) is 70.3 Å². The Morgan fingerprint density at radius 3 is 2.64 bits per heavy atom. The van der Waals surface area contributed by atoms with Gasteiger partial charge in [0.25, 0.3) is 5.56 Å². The van der Waals surface area contributed by atoms with Gasteiger partial charge in [-0.2, -0.15) is 0 Å². The van der Waals surface area contributed by atoms with Gasteiger partial charge in [0.15, 0.2) is 5.16 Å². The highest BCUT2D eigenvalue weighted by atomic mass is 32.2. The molecule has 0 fully saturated rings. The highest BCUT2D eigenvalue weighted by Gasteiger charge is 2.15. The highest BCUT2D eigenvalue weighted by molar-refractivity contribution is 7.99. The molecule has 1 unspecified atom stereocenters. The van der Waals surface area contributed by atoms with E-state index < -0.39 is 0 Å². The second-order valence-corrected chi connectivity index (χ2v) is 6.98. The number of hydrogen-bond donors (Lipinski definition) is 0. The normalized spacial score (nSPS) is 12.4. The van der Waals surface area contributed by atoms with E-state index in [0.29, 0.717) is 29.2 Å². The van der Waals surface area contributed by atoms with Crippen LogP contribution in [-0.2, 0) is 11.3 Å². The molecule has 0 aliphatic carbocycles. The molecule has 0 amide bonds. The van der Waals surface area contributed by atoms with Gasteiger partial charge in [-0.15, -0.1) is 0 Å². The first kappa shape index (κ1) is 17.6. The molecule has 0 bridgehead atoms. The Morgan fingerprint density at radius 2 is 1.92 bits per heavy atom. The zero-order valence-corrected chi connectivity index (χ0v) is 14.9. The average Bonchev–Trinajstić information content (AvgIpc) is 2.62. The van der Waals surface area contributed by atoms with Gasteiger partial charge in [-0.3, -0.25) is 9.36 Å². The van der Waals surface area contributed by atoms with Crippen LogP contribution in [0.4, 0.5) is 4.39 Å². The van der Waals surface area contributed by atoms with E-state index in [1.54, 1.807) is 29.9 Å². The summed E-state index contributed by atoms with van der Waals surface area (Å²) < 4.78 is 19.9. The van der Waals surface area contributed by atoms with E-state index in [0.717, 1.165) is 5.56 Å². The van der Waals surface area contributed by atoms with Crippen molar-refractivity contribution in [2.75, 3.05) is 13.7 Å². The summed E-state index contributed by atoms with van der Waals surface area (Å²) in [6.07, 6.45) is 0. The van der Waals surface area contributed by atoms with Crippen LogP contribution < -0.4 is 5.56 Å².